The van der Waals surface area contributed by atoms with Crippen LogP contribution < -0.4 is 5.32 Å². The molecule has 0 bridgehead atoms. The lowest BCUT2D eigenvalue weighted by atomic mass is 10.2. The van der Waals surface area contributed by atoms with Crippen LogP contribution in [-0.2, 0) is 6.54 Å². The molecule has 1 aromatic carbocycles. The number of anilines is 1. The Kier molecular flexibility index (Phi) is 3.42. The van der Waals surface area contributed by atoms with Crippen molar-refractivity contribution >= 4 is 11.4 Å². The van der Waals surface area contributed by atoms with Gasteiger partial charge in [-0.15, -0.1) is 0 Å². The van der Waals surface area contributed by atoms with Gasteiger partial charge in [0, 0.05) is 18.0 Å². The van der Waals surface area contributed by atoms with E-state index in [1.54, 1.807) is 12.3 Å². The highest BCUT2D eigenvalue weighted by molar-refractivity contribution is 5.51. The van der Waals surface area contributed by atoms with Crippen molar-refractivity contribution < 1.29 is 9.31 Å². The third kappa shape index (κ3) is 2.76. The summed E-state index contributed by atoms with van der Waals surface area (Å²) in [5.74, 6) is -0.854. The fourth-order valence-corrected chi connectivity index (χ4v) is 1.38. The van der Waals surface area contributed by atoms with Gasteiger partial charge in [-0.3, -0.25) is 10.1 Å². The Labute approximate surface area is 102 Å². The van der Waals surface area contributed by atoms with E-state index in [1.165, 1.54) is 12.4 Å². The Bertz CT molecular complexity index is 562. The number of nitrogens with one attached hydrogen (secondary N) is 1. The molecule has 0 unspecified atom stereocenters. The predicted molar refractivity (Wildman–Crippen MR) is 62.4 cm³/mol. The lowest BCUT2D eigenvalue weighted by Gasteiger charge is -2.05. The molecule has 0 saturated heterocycles. The van der Waals surface area contributed by atoms with Gasteiger partial charge in [0.1, 0.15) is 6.33 Å². The second-order valence-electron chi connectivity index (χ2n) is 3.48. The van der Waals surface area contributed by atoms with Crippen molar-refractivity contribution in [3.63, 3.8) is 0 Å². The fraction of sp³-hybridized carbons (Fsp3) is 0.0909. The summed E-state index contributed by atoms with van der Waals surface area (Å²) in [5, 5.41) is 13.5. The van der Waals surface area contributed by atoms with Gasteiger partial charge < -0.3 is 5.32 Å². The zero-order chi connectivity index (χ0) is 13.0. The van der Waals surface area contributed by atoms with Crippen molar-refractivity contribution in [3.05, 3.63) is 58.4 Å². The van der Waals surface area contributed by atoms with Crippen LogP contribution in [0.3, 0.4) is 0 Å². The number of hydrogen-bond acceptors (Lipinski definition) is 5. The maximum atomic E-state index is 13.1. The Hall–Kier alpha value is -2.57. The van der Waals surface area contributed by atoms with Crippen molar-refractivity contribution in [3.8, 4) is 0 Å². The van der Waals surface area contributed by atoms with Gasteiger partial charge in [-0.25, -0.2) is 9.97 Å². The highest BCUT2D eigenvalue weighted by Crippen LogP contribution is 2.21. The summed E-state index contributed by atoms with van der Waals surface area (Å²) in [6.45, 7) is 0.380. The molecule has 2 aromatic rings. The van der Waals surface area contributed by atoms with Crippen LogP contribution in [0, 0.1) is 15.9 Å². The van der Waals surface area contributed by atoms with E-state index in [1.807, 2.05) is 0 Å². The monoisotopic (exact) mass is 248 g/mol. The Morgan fingerprint density at radius 2 is 2.22 bits per heavy atom. The molecule has 0 fully saturated rings. The van der Waals surface area contributed by atoms with Gasteiger partial charge in [-0.2, -0.15) is 4.39 Å². The SMILES string of the molecule is O=[N+]([O-])c1cc(NCc2ccncn2)ccc1F. The number of rotatable bonds is 4. The molecule has 92 valence electrons. The third-order valence-electron chi connectivity index (χ3n) is 2.26. The number of benzene rings is 1. The smallest absolute Gasteiger partial charge is 0.306 e. The van der Waals surface area contributed by atoms with Crippen LogP contribution in [0.25, 0.3) is 0 Å². The standard InChI is InChI=1S/C11H9FN4O2/c12-10-2-1-8(5-11(10)16(17)18)14-6-9-3-4-13-7-15-9/h1-5,7,14H,6H2. The minimum Gasteiger partial charge on any atom is -0.379 e. The van der Waals surface area contributed by atoms with Crippen LogP contribution >= 0.6 is 0 Å². The Morgan fingerprint density at radius 3 is 2.89 bits per heavy atom. The molecule has 0 spiro atoms. The van der Waals surface area contributed by atoms with E-state index in [2.05, 4.69) is 15.3 Å². The molecule has 0 amide bonds. The van der Waals surface area contributed by atoms with Gasteiger partial charge >= 0.3 is 5.69 Å². The second-order valence-corrected chi connectivity index (χ2v) is 3.48. The maximum absolute atomic E-state index is 13.1. The first-order valence-corrected chi connectivity index (χ1v) is 5.09. The molecule has 18 heavy (non-hydrogen) atoms. The fourth-order valence-electron chi connectivity index (χ4n) is 1.38. The summed E-state index contributed by atoms with van der Waals surface area (Å²) in [5.41, 5.74) is 0.640. The lowest BCUT2D eigenvalue weighted by molar-refractivity contribution is -0.387. The first-order valence-electron chi connectivity index (χ1n) is 5.09. The molecule has 2 rings (SSSR count). The van der Waals surface area contributed by atoms with E-state index >= 15 is 0 Å². The van der Waals surface area contributed by atoms with Crippen molar-refractivity contribution in [2.45, 2.75) is 6.54 Å². The molecule has 1 aromatic heterocycles. The Balaban J connectivity index is 2.11. The summed E-state index contributed by atoms with van der Waals surface area (Å²) >= 11 is 0. The van der Waals surface area contributed by atoms with Crippen LogP contribution in [0.4, 0.5) is 15.8 Å². The number of hydrogen-bond donors (Lipinski definition) is 1. The van der Waals surface area contributed by atoms with E-state index in [-0.39, 0.29) is 0 Å². The molecular formula is C11H9FN4O2. The van der Waals surface area contributed by atoms with Crippen molar-refractivity contribution in [1.29, 1.82) is 0 Å². The van der Waals surface area contributed by atoms with E-state index in [9.17, 15) is 14.5 Å². The van der Waals surface area contributed by atoms with Crippen molar-refractivity contribution in [2.24, 2.45) is 0 Å². The molecular weight excluding hydrogens is 239 g/mol. The summed E-state index contributed by atoms with van der Waals surface area (Å²) < 4.78 is 13.1. The summed E-state index contributed by atoms with van der Waals surface area (Å²) in [6.07, 6.45) is 3.00. The van der Waals surface area contributed by atoms with Crippen LogP contribution in [0.2, 0.25) is 0 Å². The molecule has 1 heterocycles. The first kappa shape index (κ1) is 11.9. The molecule has 0 aliphatic heterocycles. The van der Waals surface area contributed by atoms with Crippen LogP contribution in [0.15, 0.2) is 36.8 Å². The molecule has 0 atom stereocenters. The van der Waals surface area contributed by atoms with Gasteiger partial charge in [-0.05, 0) is 18.2 Å². The van der Waals surface area contributed by atoms with E-state index in [4.69, 9.17) is 0 Å². The van der Waals surface area contributed by atoms with E-state index in [0.717, 1.165) is 17.8 Å². The summed E-state index contributed by atoms with van der Waals surface area (Å²) in [4.78, 5) is 17.6. The number of aromatic nitrogens is 2. The lowest BCUT2D eigenvalue weighted by Crippen LogP contribution is -2.02. The average molecular weight is 248 g/mol. The second kappa shape index (κ2) is 5.17. The van der Waals surface area contributed by atoms with E-state index < -0.39 is 16.4 Å². The maximum Gasteiger partial charge on any atom is 0.306 e. The third-order valence-corrected chi connectivity index (χ3v) is 2.26. The van der Waals surface area contributed by atoms with Crippen LogP contribution in [0.5, 0.6) is 0 Å². The molecule has 0 aliphatic carbocycles. The van der Waals surface area contributed by atoms with Crippen LogP contribution in [0.1, 0.15) is 5.69 Å². The highest BCUT2D eigenvalue weighted by Gasteiger charge is 2.13. The van der Waals surface area contributed by atoms with Gasteiger partial charge in [-0.1, -0.05) is 0 Å². The normalized spacial score (nSPS) is 10.1. The number of halogens is 1. The molecule has 0 radical (unpaired) electrons. The molecule has 1 N–H and O–H groups in total. The molecule has 6 nitrogen and oxygen atoms in total. The summed E-state index contributed by atoms with van der Waals surface area (Å²) in [7, 11) is 0. The minimum absolute atomic E-state index is 0.380. The largest absolute Gasteiger partial charge is 0.379 e. The predicted octanol–water partition coefficient (Wildman–Crippen LogP) is 2.14. The van der Waals surface area contributed by atoms with Gasteiger partial charge in [0.25, 0.3) is 0 Å². The first-order chi connectivity index (χ1) is 8.66. The molecule has 0 aliphatic rings. The van der Waals surface area contributed by atoms with Gasteiger partial charge in [0.2, 0.25) is 5.82 Å². The summed E-state index contributed by atoms with van der Waals surface area (Å²) in [6, 6.07) is 5.35. The number of nitro benzene ring substituents is 1. The number of nitro groups is 1. The minimum atomic E-state index is -0.854. The zero-order valence-corrected chi connectivity index (χ0v) is 9.21. The molecule has 0 saturated carbocycles. The van der Waals surface area contributed by atoms with Gasteiger partial charge in [0.15, 0.2) is 0 Å². The Morgan fingerprint density at radius 1 is 1.39 bits per heavy atom. The topological polar surface area (TPSA) is 81.0 Å². The zero-order valence-electron chi connectivity index (χ0n) is 9.21. The highest BCUT2D eigenvalue weighted by atomic mass is 19.1. The molecule has 7 heteroatoms. The van der Waals surface area contributed by atoms with Crippen LogP contribution in [-0.4, -0.2) is 14.9 Å². The van der Waals surface area contributed by atoms with Crippen molar-refractivity contribution in [2.75, 3.05) is 5.32 Å². The van der Waals surface area contributed by atoms with E-state index in [0.29, 0.717) is 12.2 Å². The van der Waals surface area contributed by atoms with Crippen molar-refractivity contribution in [1.82, 2.24) is 9.97 Å². The average Bonchev–Trinajstić information content (AvgIpc) is 2.38. The quantitative estimate of drug-likeness (QED) is 0.662. The number of nitrogens with zero attached hydrogens (tertiary/aromatic N) is 3. The van der Waals surface area contributed by atoms with Gasteiger partial charge in [0.05, 0.1) is 17.2 Å².